The van der Waals surface area contributed by atoms with E-state index in [2.05, 4.69) is 55.0 Å². The van der Waals surface area contributed by atoms with Crippen LogP contribution in [-0.2, 0) is 17.7 Å². The van der Waals surface area contributed by atoms with E-state index in [9.17, 15) is 4.79 Å². The fourth-order valence-electron chi connectivity index (χ4n) is 5.87. The number of carbonyl (C=O) groups is 1. The number of rotatable bonds is 5. The summed E-state index contributed by atoms with van der Waals surface area (Å²) in [4.78, 5) is 15.7. The summed E-state index contributed by atoms with van der Waals surface area (Å²) in [6, 6.07) is 5.03. The van der Waals surface area contributed by atoms with Gasteiger partial charge in [0.2, 0.25) is 0 Å². The molecule has 0 radical (unpaired) electrons. The molecule has 6 heteroatoms. The zero-order valence-corrected chi connectivity index (χ0v) is 26.3. The number of aromatic nitrogens is 1. The molecule has 38 heavy (non-hydrogen) atoms. The Hall–Kier alpha value is -1.76. The van der Waals surface area contributed by atoms with E-state index in [4.69, 9.17) is 4.74 Å². The molecule has 2 unspecified atom stereocenters. The molecule has 2 aliphatic rings. The van der Waals surface area contributed by atoms with Crippen LogP contribution >= 0.6 is 11.8 Å². The number of ether oxygens (including phenoxy) is 1. The average Bonchev–Trinajstić information content (AvgIpc) is 3.38. The number of aryl methyl sites for hydroxylation is 2. The van der Waals surface area contributed by atoms with Gasteiger partial charge in [0.1, 0.15) is 5.60 Å². The lowest BCUT2D eigenvalue weighted by molar-refractivity contribution is 0.0544. The maximum absolute atomic E-state index is 13.0. The van der Waals surface area contributed by atoms with E-state index in [1.165, 1.54) is 55.7 Å². The number of benzene rings is 1. The number of likely N-dealkylation sites (tertiary alicyclic amines) is 1. The van der Waals surface area contributed by atoms with Crippen molar-refractivity contribution in [1.29, 1.82) is 0 Å². The molecule has 4 rings (SSSR count). The van der Waals surface area contributed by atoms with Crippen LogP contribution in [0.25, 0.3) is 10.9 Å². The lowest BCUT2D eigenvalue weighted by atomic mass is 9.83. The zero-order chi connectivity index (χ0) is 28.5. The number of nitrogens with zero attached hydrogens (tertiary/aromatic N) is 2. The number of piperidine rings is 1. The van der Waals surface area contributed by atoms with Gasteiger partial charge < -0.3 is 10.5 Å². The summed E-state index contributed by atoms with van der Waals surface area (Å²) < 4.78 is 7.42. The van der Waals surface area contributed by atoms with E-state index in [1.807, 2.05) is 52.6 Å². The molecule has 0 spiro atoms. The second kappa shape index (κ2) is 15.1. The molecular formula is C32H53N3O2S. The fraction of sp³-hybridized carbons (Fsp3) is 0.656. The van der Waals surface area contributed by atoms with Gasteiger partial charge in [-0.3, -0.25) is 9.47 Å². The van der Waals surface area contributed by atoms with E-state index < -0.39 is 5.60 Å². The first-order valence-electron chi connectivity index (χ1n) is 14.6. The van der Waals surface area contributed by atoms with Gasteiger partial charge in [-0.1, -0.05) is 45.4 Å². The van der Waals surface area contributed by atoms with Gasteiger partial charge in [0.15, 0.2) is 0 Å². The maximum atomic E-state index is 13.0. The third-order valence-electron chi connectivity index (χ3n) is 7.51. The van der Waals surface area contributed by atoms with Crippen molar-refractivity contribution in [3.05, 3.63) is 47.2 Å². The minimum absolute atomic E-state index is 0.299. The van der Waals surface area contributed by atoms with E-state index in [1.54, 1.807) is 4.57 Å². The smallest absolute Gasteiger partial charge is 0.418 e. The van der Waals surface area contributed by atoms with Crippen molar-refractivity contribution in [2.24, 2.45) is 11.7 Å². The van der Waals surface area contributed by atoms with Crippen molar-refractivity contribution in [3.63, 3.8) is 0 Å². The highest BCUT2D eigenvalue weighted by molar-refractivity contribution is 7.99. The predicted octanol–water partition coefficient (Wildman–Crippen LogP) is 7.95. The predicted molar refractivity (Wildman–Crippen MR) is 166 cm³/mol. The topological polar surface area (TPSA) is 60.5 Å². The molecule has 1 aliphatic carbocycles. The molecule has 2 N–H and O–H groups in total. The SMILES string of the molecule is CC.CCc1cc(C)c2c(ccn2C(=O)OC(C)(C)C)c1CN1CCCCC1[C@@H]1C=CC(SC)CC1.CN. The highest BCUT2D eigenvalue weighted by Gasteiger charge is 2.31. The van der Waals surface area contributed by atoms with Crippen LogP contribution in [0.3, 0.4) is 0 Å². The minimum Gasteiger partial charge on any atom is -0.443 e. The van der Waals surface area contributed by atoms with Crippen molar-refractivity contribution in [3.8, 4) is 0 Å². The Balaban J connectivity index is 0.00000121. The number of nitrogens with two attached hydrogens (primary N) is 1. The normalized spacial score (nSPS) is 21.8. The number of hydrogen-bond acceptors (Lipinski definition) is 5. The highest BCUT2D eigenvalue weighted by atomic mass is 32.2. The van der Waals surface area contributed by atoms with E-state index in [0.29, 0.717) is 17.2 Å². The Morgan fingerprint density at radius 2 is 1.84 bits per heavy atom. The first-order chi connectivity index (χ1) is 18.2. The van der Waals surface area contributed by atoms with Gasteiger partial charge in [0.05, 0.1) is 5.52 Å². The molecule has 3 atom stereocenters. The molecule has 5 nitrogen and oxygen atoms in total. The van der Waals surface area contributed by atoms with Crippen LogP contribution in [0.5, 0.6) is 0 Å². The van der Waals surface area contributed by atoms with Crippen molar-refractivity contribution < 1.29 is 9.53 Å². The van der Waals surface area contributed by atoms with Crippen LogP contribution < -0.4 is 5.73 Å². The Labute approximate surface area is 236 Å². The number of thioether (sulfide) groups is 1. The van der Waals surface area contributed by atoms with E-state index in [-0.39, 0.29) is 6.09 Å². The van der Waals surface area contributed by atoms with Gasteiger partial charge in [-0.15, -0.1) is 0 Å². The van der Waals surface area contributed by atoms with E-state index in [0.717, 1.165) is 30.6 Å². The summed E-state index contributed by atoms with van der Waals surface area (Å²) in [6.45, 7) is 16.2. The van der Waals surface area contributed by atoms with Crippen molar-refractivity contribution >= 4 is 28.8 Å². The molecular weight excluding hydrogens is 490 g/mol. The summed E-state index contributed by atoms with van der Waals surface area (Å²) in [7, 11) is 1.50. The molecule has 1 aromatic carbocycles. The lowest BCUT2D eigenvalue weighted by Crippen LogP contribution is -2.44. The van der Waals surface area contributed by atoms with Crippen molar-refractivity contribution in [1.82, 2.24) is 9.47 Å². The minimum atomic E-state index is -0.516. The lowest BCUT2D eigenvalue weighted by Gasteiger charge is -2.41. The third-order valence-corrected chi connectivity index (χ3v) is 8.51. The molecule has 2 aromatic rings. The van der Waals surface area contributed by atoms with Crippen LogP contribution in [0.2, 0.25) is 0 Å². The summed E-state index contributed by atoms with van der Waals surface area (Å²) in [5, 5.41) is 1.89. The molecule has 1 aliphatic heterocycles. The molecule has 0 saturated carbocycles. The molecule has 1 aromatic heterocycles. The van der Waals surface area contributed by atoms with Gasteiger partial charge >= 0.3 is 6.09 Å². The molecule has 1 saturated heterocycles. The zero-order valence-electron chi connectivity index (χ0n) is 25.5. The number of hydrogen-bond donors (Lipinski definition) is 1. The summed E-state index contributed by atoms with van der Waals surface area (Å²) in [6.07, 6.45) is 16.3. The van der Waals surface area contributed by atoms with Gasteiger partial charge in [0.25, 0.3) is 0 Å². The highest BCUT2D eigenvalue weighted by Crippen LogP contribution is 2.36. The van der Waals surface area contributed by atoms with Crippen LogP contribution in [0, 0.1) is 12.8 Å². The first kappa shape index (κ1) is 32.5. The monoisotopic (exact) mass is 543 g/mol. The van der Waals surface area contributed by atoms with Crippen LogP contribution in [0.15, 0.2) is 30.5 Å². The molecule has 0 bridgehead atoms. The van der Waals surface area contributed by atoms with Gasteiger partial charge in [-0.05, 0) is 108 Å². The molecule has 1 fully saturated rings. The van der Waals surface area contributed by atoms with Crippen molar-refractivity contribution in [2.45, 2.75) is 110 Å². The van der Waals surface area contributed by atoms with Gasteiger partial charge in [-0.2, -0.15) is 11.8 Å². The summed E-state index contributed by atoms with van der Waals surface area (Å²) in [5.74, 6) is 0.654. The van der Waals surface area contributed by atoms with E-state index >= 15 is 0 Å². The van der Waals surface area contributed by atoms with Gasteiger partial charge in [0, 0.05) is 29.4 Å². The van der Waals surface area contributed by atoms with Crippen LogP contribution in [0.4, 0.5) is 4.79 Å². The first-order valence-corrected chi connectivity index (χ1v) is 15.9. The summed E-state index contributed by atoms with van der Waals surface area (Å²) in [5.41, 5.74) is 8.91. The molecule has 0 amide bonds. The van der Waals surface area contributed by atoms with Crippen LogP contribution in [0.1, 0.15) is 90.3 Å². The fourth-order valence-corrected chi connectivity index (χ4v) is 6.49. The Morgan fingerprint density at radius 3 is 2.42 bits per heavy atom. The Kier molecular flexibility index (Phi) is 12.9. The number of carbonyl (C=O) groups excluding carboxylic acids is 1. The quantitative estimate of drug-likeness (QED) is 0.388. The second-order valence-electron chi connectivity index (χ2n) is 11.0. The molecule has 2 heterocycles. The Bertz CT molecular complexity index is 1050. The Morgan fingerprint density at radius 1 is 1.13 bits per heavy atom. The third kappa shape index (κ3) is 7.89. The number of fused-ring (bicyclic) bond motifs is 1. The second-order valence-corrected chi connectivity index (χ2v) is 12.1. The standard InChI is InChI=1S/C29H42N2O2S.C2H6.CH5N/c1-7-21-18-20(2)27-24(15-17-31(27)28(32)33-29(3,4)5)25(21)19-30-16-9-8-10-26(30)22-11-13-23(34-6)14-12-22;2*1-2/h11,13,15,17-18,22-23,26H,7-10,12,14,16,19H2,1-6H3;1-2H3;2H2,1H3/t22-,23?,26?;;/m1../s1. The average molecular weight is 544 g/mol. The van der Waals surface area contributed by atoms with Crippen molar-refractivity contribution in [2.75, 3.05) is 19.8 Å². The molecule has 214 valence electrons. The maximum Gasteiger partial charge on any atom is 0.418 e. The van der Waals surface area contributed by atoms with Gasteiger partial charge in [-0.25, -0.2) is 4.79 Å². The summed E-state index contributed by atoms with van der Waals surface area (Å²) >= 11 is 1.97. The van der Waals surface area contributed by atoms with Crippen LogP contribution in [-0.4, -0.2) is 52.3 Å². The largest absolute Gasteiger partial charge is 0.443 e.